The fourth-order valence-corrected chi connectivity index (χ4v) is 3.76. The molecule has 0 atom stereocenters. The smallest absolute Gasteiger partial charge is 0.0106 e. The first-order chi connectivity index (χ1) is 9.58. The van der Waals surface area contributed by atoms with E-state index in [1.54, 1.807) is 0 Å². The Morgan fingerprint density at radius 3 is 1.85 bits per heavy atom. The lowest BCUT2D eigenvalue weighted by molar-refractivity contribution is 0.00119. The first-order valence-electron chi connectivity index (χ1n) is 9.04. The van der Waals surface area contributed by atoms with Crippen LogP contribution in [-0.2, 0) is 0 Å². The average molecular weight is 283 g/mol. The van der Waals surface area contributed by atoms with Crippen LogP contribution in [0.15, 0.2) is 0 Å². The Bertz CT molecular complexity index is 240. The molecule has 0 spiro atoms. The van der Waals surface area contributed by atoms with E-state index in [-0.39, 0.29) is 0 Å². The Hall–Kier alpha value is -0.0800. The first kappa shape index (κ1) is 18.0. The molecule has 0 bridgehead atoms. The van der Waals surface area contributed by atoms with Gasteiger partial charge in [-0.3, -0.25) is 0 Å². The summed E-state index contributed by atoms with van der Waals surface area (Å²) in [4.78, 5) is 5.36. The number of hydrogen-bond donors (Lipinski definition) is 0. The zero-order valence-corrected chi connectivity index (χ0v) is 14.7. The summed E-state index contributed by atoms with van der Waals surface area (Å²) in [6.45, 7) is 18.1. The second-order valence-electron chi connectivity index (χ2n) is 7.09. The van der Waals surface area contributed by atoms with E-state index in [1.807, 2.05) is 0 Å². The molecule has 1 aliphatic rings. The van der Waals surface area contributed by atoms with E-state index in [1.165, 1.54) is 71.2 Å². The van der Waals surface area contributed by atoms with Gasteiger partial charge >= 0.3 is 0 Å². The fourth-order valence-electron chi connectivity index (χ4n) is 3.76. The van der Waals surface area contributed by atoms with Crippen LogP contribution in [0.2, 0.25) is 0 Å². The van der Waals surface area contributed by atoms with E-state index >= 15 is 0 Å². The minimum Gasteiger partial charge on any atom is -0.304 e. The fraction of sp³-hybridized carbons (Fsp3) is 1.00. The molecule has 0 amide bonds. The van der Waals surface area contributed by atoms with Gasteiger partial charge in [0.2, 0.25) is 0 Å². The van der Waals surface area contributed by atoms with E-state index in [0.29, 0.717) is 5.41 Å². The third kappa shape index (κ3) is 5.37. The van der Waals surface area contributed by atoms with Crippen LogP contribution >= 0.6 is 0 Å². The highest BCUT2D eigenvalue weighted by molar-refractivity contribution is 4.96. The van der Waals surface area contributed by atoms with E-state index in [9.17, 15) is 0 Å². The summed E-state index contributed by atoms with van der Waals surface area (Å²) >= 11 is 0. The van der Waals surface area contributed by atoms with Crippen LogP contribution in [-0.4, -0.2) is 48.6 Å². The van der Waals surface area contributed by atoms with Gasteiger partial charge in [0, 0.05) is 6.04 Å². The van der Waals surface area contributed by atoms with Crippen molar-refractivity contribution in [1.29, 1.82) is 0 Å². The van der Waals surface area contributed by atoms with E-state index in [4.69, 9.17) is 0 Å². The lowest BCUT2D eigenvalue weighted by Gasteiger charge is -2.51. The third-order valence-electron chi connectivity index (χ3n) is 5.01. The van der Waals surface area contributed by atoms with Crippen LogP contribution in [0.3, 0.4) is 0 Å². The molecule has 120 valence electrons. The molecule has 2 nitrogen and oxygen atoms in total. The van der Waals surface area contributed by atoms with E-state index < -0.39 is 0 Å². The maximum absolute atomic E-state index is 2.74. The second-order valence-corrected chi connectivity index (χ2v) is 7.09. The Balaban J connectivity index is 2.32. The van der Waals surface area contributed by atoms with Gasteiger partial charge < -0.3 is 9.80 Å². The minimum absolute atomic E-state index is 0.617. The van der Waals surface area contributed by atoms with Crippen molar-refractivity contribution in [2.45, 2.75) is 79.2 Å². The molecule has 1 fully saturated rings. The molecule has 2 heteroatoms. The monoisotopic (exact) mass is 282 g/mol. The normalized spacial score (nSPS) is 26.2. The molecule has 0 saturated heterocycles. The van der Waals surface area contributed by atoms with Gasteiger partial charge in [0.1, 0.15) is 0 Å². The maximum Gasteiger partial charge on any atom is 0.0106 e. The third-order valence-corrected chi connectivity index (χ3v) is 5.01. The van der Waals surface area contributed by atoms with Crippen molar-refractivity contribution in [2.75, 3.05) is 32.7 Å². The Kier molecular flexibility index (Phi) is 8.13. The van der Waals surface area contributed by atoms with E-state index in [2.05, 4.69) is 44.4 Å². The summed E-state index contributed by atoms with van der Waals surface area (Å²) in [5, 5.41) is 0. The van der Waals surface area contributed by atoms with Crippen LogP contribution in [0, 0.1) is 5.41 Å². The molecule has 1 aliphatic carbocycles. The predicted octanol–water partition coefficient (Wildman–Crippen LogP) is 4.40. The molecule has 0 radical (unpaired) electrons. The van der Waals surface area contributed by atoms with Crippen LogP contribution < -0.4 is 0 Å². The molecule has 0 unspecified atom stereocenters. The lowest BCUT2D eigenvalue weighted by Crippen LogP contribution is -2.51. The first-order valence-corrected chi connectivity index (χ1v) is 9.04. The molecule has 0 N–H and O–H groups in total. The number of hydrogen-bond acceptors (Lipinski definition) is 2. The maximum atomic E-state index is 2.74. The van der Waals surface area contributed by atoms with Crippen LogP contribution in [0.25, 0.3) is 0 Å². The minimum atomic E-state index is 0.617. The molecule has 0 aliphatic heterocycles. The quantitative estimate of drug-likeness (QED) is 0.554. The number of rotatable bonds is 11. The van der Waals surface area contributed by atoms with Crippen molar-refractivity contribution in [1.82, 2.24) is 9.80 Å². The van der Waals surface area contributed by atoms with Crippen molar-refractivity contribution in [3.05, 3.63) is 0 Å². The summed E-state index contributed by atoms with van der Waals surface area (Å²) < 4.78 is 0. The molecule has 20 heavy (non-hydrogen) atoms. The molecule has 0 aromatic heterocycles. The van der Waals surface area contributed by atoms with Crippen molar-refractivity contribution in [2.24, 2.45) is 5.41 Å². The van der Waals surface area contributed by atoms with Gasteiger partial charge in [-0.05, 0) is 76.7 Å². The zero-order valence-electron chi connectivity index (χ0n) is 14.7. The van der Waals surface area contributed by atoms with Crippen molar-refractivity contribution in [3.63, 3.8) is 0 Å². The largest absolute Gasteiger partial charge is 0.304 e. The summed E-state index contributed by atoms with van der Waals surface area (Å²) in [6.07, 6.45) is 8.13. The van der Waals surface area contributed by atoms with Gasteiger partial charge in [-0.2, -0.15) is 0 Å². The van der Waals surface area contributed by atoms with Gasteiger partial charge in [-0.25, -0.2) is 0 Å². The topological polar surface area (TPSA) is 6.48 Å². The molecule has 1 rings (SSSR count). The highest BCUT2D eigenvalue weighted by Crippen LogP contribution is 2.46. The van der Waals surface area contributed by atoms with Gasteiger partial charge in [0.25, 0.3) is 0 Å². The standard InChI is InChI=1S/C18H38N2/c1-6-11-19(9-4)14-10-18(5)15-17(16-18)20(12-7-2)13-8-3/h17H,6-16H2,1-5H3. The highest BCUT2D eigenvalue weighted by atomic mass is 15.2. The Morgan fingerprint density at radius 1 is 0.850 bits per heavy atom. The van der Waals surface area contributed by atoms with Gasteiger partial charge in [0.15, 0.2) is 0 Å². The van der Waals surface area contributed by atoms with Gasteiger partial charge in [-0.15, -0.1) is 0 Å². The van der Waals surface area contributed by atoms with E-state index in [0.717, 1.165) is 6.04 Å². The summed E-state index contributed by atoms with van der Waals surface area (Å²) in [7, 11) is 0. The second kappa shape index (κ2) is 9.04. The Labute approximate surface area is 127 Å². The summed E-state index contributed by atoms with van der Waals surface area (Å²) in [6, 6.07) is 0.876. The predicted molar refractivity (Wildman–Crippen MR) is 90.3 cm³/mol. The molecular formula is C18H38N2. The SMILES string of the molecule is CCCN(CC)CCC1(C)CC(N(CCC)CCC)C1. The Morgan fingerprint density at radius 2 is 1.40 bits per heavy atom. The lowest BCUT2D eigenvalue weighted by atomic mass is 9.64. The summed E-state index contributed by atoms with van der Waals surface area (Å²) in [5.41, 5.74) is 0.617. The van der Waals surface area contributed by atoms with Crippen LogP contribution in [0.5, 0.6) is 0 Å². The van der Waals surface area contributed by atoms with Crippen molar-refractivity contribution >= 4 is 0 Å². The zero-order chi connectivity index (χ0) is 15.0. The summed E-state index contributed by atoms with van der Waals surface area (Å²) in [5.74, 6) is 0. The van der Waals surface area contributed by atoms with Gasteiger partial charge in [-0.1, -0.05) is 34.6 Å². The van der Waals surface area contributed by atoms with Crippen LogP contribution in [0.1, 0.15) is 73.1 Å². The van der Waals surface area contributed by atoms with Crippen molar-refractivity contribution in [3.8, 4) is 0 Å². The molecular weight excluding hydrogens is 244 g/mol. The van der Waals surface area contributed by atoms with Gasteiger partial charge in [0.05, 0.1) is 0 Å². The molecule has 0 heterocycles. The molecule has 0 aromatic carbocycles. The van der Waals surface area contributed by atoms with Crippen molar-refractivity contribution < 1.29 is 0 Å². The highest BCUT2D eigenvalue weighted by Gasteiger charge is 2.42. The molecule has 0 aromatic rings. The average Bonchev–Trinajstić information content (AvgIpc) is 2.40. The molecule has 1 saturated carbocycles. The van der Waals surface area contributed by atoms with Crippen LogP contribution in [0.4, 0.5) is 0 Å². The number of nitrogens with zero attached hydrogens (tertiary/aromatic N) is 2.